The van der Waals surface area contributed by atoms with Gasteiger partial charge in [0.05, 0.1) is 12.5 Å². The van der Waals surface area contributed by atoms with Crippen molar-refractivity contribution in [1.29, 1.82) is 0 Å². The number of methoxy groups -OCH3 is 1. The van der Waals surface area contributed by atoms with Crippen molar-refractivity contribution in [2.75, 3.05) is 13.7 Å². The van der Waals surface area contributed by atoms with Crippen LogP contribution in [-0.2, 0) is 23.8 Å². The predicted octanol–water partition coefficient (Wildman–Crippen LogP) is 0.577. The molecule has 6 nitrogen and oxygen atoms in total. The fourth-order valence-corrected chi connectivity index (χ4v) is 1.84. The van der Waals surface area contributed by atoms with E-state index in [0.29, 0.717) is 12.0 Å². The van der Waals surface area contributed by atoms with Gasteiger partial charge in [-0.05, 0) is 12.5 Å². The van der Waals surface area contributed by atoms with Gasteiger partial charge >= 0.3 is 11.9 Å². The highest BCUT2D eigenvalue weighted by atomic mass is 16.6. The van der Waals surface area contributed by atoms with Gasteiger partial charge in [-0.2, -0.15) is 0 Å². The molecule has 0 amide bonds. The summed E-state index contributed by atoms with van der Waals surface area (Å²) in [5, 5.41) is 9.99. The van der Waals surface area contributed by atoms with E-state index in [1.54, 1.807) is 6.92 Å². The lowest BCUT2D eigenvalue weighted by atomic mass is 10.00. The molecule has 1 aliphatic heterocycles. The zero-order valence-corrected chi connectivity index (χ0v) is 11.4. The summed E-state index contributed by atoms with van der Waals surface area (Å²) < 4.78 is 15.0. The third-order valence-corrected chi connectivity index (χ3v) is 2.84. The van der Waals surface area contributed by atoms with Crippen molar-refractivity contribution in [2.24, 2.45) is 0 Å². The maximum absolute atomic E-state index is 11.3. The quantitative estimate of drug-likeness (QED) is 0.582. The maximum Gasteiger partial charge on any atom is 0.308 e. The van der Waals surface area contributed by atoms with Gasteiger partial charge in [0.1, 0.15) is 18.8 Å². The third kappa shape index (κ3) is 5.40. The minimum Gasteiger partial charge on any atom is -0.461 e. The zero-order chi connectivity index (χ0) is 14.4. The molecule has 0 spiro atoms. The van der Waals surface area contributed by atoms with E-state index in [2.05, 4.69) is 0 Å². The highest BCUT2D eigenvalue weighted by molar-refractivity contribution is 5.71. The third-order valence-electron chi connectivity index (χ3n) is 2.84. The summed E-state index contributed by atoms with van der Waals surface area (Å²) in [6.07, 6.45) is 0.384. The lowest BCUT2D eigenvalue weighted by Gasteiger charge is -2.30. The lowest BCUT2D eigenvalue weighted by molar-refractivity contribution is -0.167. The SMILES string of the molecule is CO[C@H]1CC(=O)O[C@@H]([C@H](O)/C=C(\C)COC(C)=O)C1. The van der Waals surface area contributed by atoms with Crippen LogP contribution in [0.25, 0.3) is 0 Å². The number of carbonyl (C=O) groups is 2. The average molecular weight is 272 g/mol. The van der Waals surface area contributed by atoms with Crippen molar-refractivity contribution in [3.8, 4) is 0 Å². The van der Waals surface area contributed by atoms with Gasteiger partial charge in [0.15, 0.2) is 0 Å². The number of carbonyl (C=O) groups excluding carboxylic acids is 2. The van der Waals surface area contributed by atoms with Gasteiger partial charge in [0.25, 0.3) is 0 Å². The van der Waals surface area contributed by atoms with Gasteiger partial charge < -0.3 is 19.3 Å². The Bertz CT molecular complexity index is 362. The van der Waals surface area contributed by atoms with Crippen molar-refractivity contribution in [1.82, 2.24) is 0 Å². The van der Waals surface area contributed by atoms with Crippen LogP contribution in [0.4, 0.5) is 0 Å². The molecular formula is C13H20O6. The second-order valence-corrected chi connectivity index (χ2v) is 4.61. The standard InChI is InChI=1S/C13H20O6/c1-8(7-18-9(2)14)4-11(15)12-5-10(17-3)6-13(16)19-12/h4,10-12,15H,5-7H2,1-3H3/b8-4+/t10-,11-,12-/m1/s1. The minimum absolute atomic E-state index is 0.112. The molecule has 0 aromatic carbocycles. The molecule has 3 atom stereocenters. The number of ether oxygens (including phenoxy) is 3. The molecule has 0 aromatic rings. The summed E-state index contributed by atoms with van der Waals surface area (Å²) in [5.74, 6) is -0.765. The normalized spacial score (nSPS) is 25.7. The molecule has 0 saturated carbocycles. The van der Waals surface area contributed by atoms with E-state index in [-0.39, 0.29) is 31.1 Å². The molecule has 1 saturated heterocycles. The van der Waals surface area contributed by atoms with Crippen LogP contribution in [-0.4, -0.2) is 49.1 Å². The van der Waals surface area contributed by atoms with E-state index >= 15 is 0 Å². The average Bonchev–Trinajstić information content (AvgIpc) is 2.35. The number of hydrogen-bond donors (Lipinski definition) is 1. The van der Waals surface area contributed by atoms with Crippen molar-refractivity contribution in [3.05, 3.63) is 11.6 Å². The highest BCUT2D eigenvalue weighted by Gasteiger charge is 2.32. The fourth-order valence-electron chi connectivity index (χ4n) is 1.84. The summed E-state index contributed by atoms with van der Waals surface area (Å²) >= 11 is 0. The molecule has 6 heteroatoms. The van der Waals surface area contributed by atoms with Gasteiger partial charge in [-0.25, -0.2) is 0 Å². The van der Waals surface area contributed by atoms with Crippen LogP contribution in [0, 0.1) is 0 Å². The summed E-state index contributed by atoms with van der Waals surface area (Å²) in [7, 11) is 1.52. The van der Waals surface area contributed by atoms with Crippen molar-refractivity contribution in [3.63, 3.8) is 0 Å². The lowest BCUT2D eigenvalue weighted by Crippen LogP contribution is -2.40. The van der Waals surface area contributed by atoms with Gasteiger partial charge in [-0.3, -0.25) is 9.59 Å². The van der Waals surface area contributed by atoms with E-state index in [0.717, 1.165) is 0 Å². The Labute approximate surface area is 112 Å². The van der Waals surface area contributed by atoms with Crippen LogP contribution in [0.5, 0.6) is 0 Å². The molecule has 19 heavy (non-hydrogen) atoms. The Morgan fingerprint density at radius 3 is 2.84 bits per heavy atom. The number of aliphatic hydroxyl groups is 1. The van der Waals surface area contributed by atoms with Crippen molar-refractivity contribution < 1.29 is 28.9 Å². The molecule has 1 rings (SSSR count). The van der Waals surface area contributed by atoms with Crippen molar-refractivity contribution >= 4 is 11.9 Å². The second kappa shape index (κ2) is 7.25. The fraction of sp³-hybridized carbons (Fsp3) is 0.692. The Kier molecular flexibility index (Phi) is 5.98. The summed E-state index contributed by atoms with van der Waals surface area (Å²) in [5.41, 5.74) is 0.693. The monoisotopic (exact) mass is 272 g/mol. The van der Waals surface area contributed by atoms with E-state index < -0.39 is 12.2 Å². The minimum atomic E-state index is -0.933. The van der Waals surface area contributed by atoms with Crippen LogP contribution >= 0.6 is 0 Å². The Balaban J connectivity index is 2.55. The Hall–Kier alpha value is -1.40. The number of hydrogen-bond acceptors (Lipinski definition) is 6. The van der Waals surface area contributed by atoms with Crippen LogP contribution in [0.1, 0.15) is 26.7 Å². The largest absolute Gasteiger partial charge is 0.461 e. The first-order valence-electron chi connectivity index (χ1n) is 6.13. The molecule has 0 aromatic heterocycles. The first kappa shape index (κ1) is 15.7. The molecule has 108 valence electrons. The van der Waals surface area contributed by atoms with Crippen LogP contribution in [0.3, 0.4) is 0 Å². The van der Waals surface area contributed by atoms with E-state index in [9.17, 15) is 14.7 Å². The number of cyclic esters (lactones) is 1. The van der Waals surface area contributed by atoms with Crippen LogP contribution in [0.15, 0.2) is 11.6 Å². The summed E-state index contributed by atoms with van der Waals surface area (Å²) in [6, 6.07) is 0. The first-order valence-corrected chi connectivity index (χ1v) is 6.13. The number of aliphatic hydroxyl groups excluding tert-OH is 1. The molecule has 1 fully saturated rings. The molecule has 1 heterocycles. The summed E-state index contributed by atoms with van der Waals surface area (Å²) in [6.45, 7) is 3.15. The van der Waals surface area contributed by atoms with Gasteiger partial charge in [0.2, 0.25) is 0 Å². The van der Waals surface area contributed by atoms with Gasteiger partial charge in [-0.1, -0.05) is 6.08 Å². The Morgan fingerprint density at radius 1 is 1.58 bits per heavy atom. The van der Waals surface area contributed by atoms with Gasteiger partial charge in [-0.15, -0.1) is 0 Å². The van der Waals surface area contributed by atoms with Crippen molar-refractivity contribution in [2.45, 2.75) is 45.0 Å². The number of rotatable bonds is 5. The predicted molar refractivity (Wildman–Crippen MR) is 66.3 cm³/mol. The summed E-state index contributed by atoms with van der Waals surface area (Å²) in [4.78, 5) is 22.0. The smallest absolute Gasteiger partial charge is 0.308 e. The maximum atomic E-state index is 11.3. The van der Waals surface area contributed by atoms with E-state index in [4.69, 9.17) is 14.2 Å². The number of esters is 2. The highest BCUT2D eigenvalue weighted by Crippen LogP contribution is 2.21. The molecular weight excluding hydrogens is 252 g/mol. The molecule has 0 bridgehead atoms. The molecule has 0 unspecified atom stereocenters. The molecule has 1 N–H and O–H groups in total. The Morgan fingerprint density at radius 2 is 2.26 bits per heavy atom. The van der Waals surface area contributed by atoms with Gasteiger partial charge in [0, 0.05) is 20.5 Å². The first-order chi connectivity index (χ1) is 8.92. The zero-order valence-electron chi connectivity index (χ0n) is 11.4. The second-order valence-electron chi connectivity index (χ2n) is 4.61. The molecule has 1 aliphatic rings. The molecule has 0 radical (unpaired) electrons. The molecule has 0 aliphatic carbocycles. The van der Waals surface area contributed by atoms with E-state index in [1.165, 1.54) is 20.1 Å². The van der Waals surface area contributed by atoms with Crippen LogP contribution in [0.2, 0.25) is 0 Å². The van der Waals surface area contributed by atoms with E-state index in [1.807, 2.05) is 0 Å². The topological polar surface area (TPSA) is 82.1 Å². The van der Waals surface area contributed by atoms with Crippen LogP contribution < -0.4 is 0 Å².